The van der Waals surface area contributed by atoms with Gasteiger partial charge in [-0.15, -0.1) is 77.3 Å². The molecule has 0 nitrogen and oxygen atoms in total. The zero-order valence-electron chi connectivity index (χ0n) is 23.1. The molecule has 0 aliphatic carbocycles. The molecule has 0 rings (SSSR count). The van der Waals surface area contributed by atoms with Gasteiger partial charge in [-0.05, 0) is 0 Å². The third-order valence-corrected chi connectivity index (χ3v) is 12.9. The molecule has 0 spiro atoms. The first-order valence-corrected chi connectivity index (χ1v) is 17.1. The van der Waals surface area contributed by atoms with Crippen LogP contribution in [0.5, 0.6) is 0 Å². The summed E-state index contributed by atoms with van der Waals surface area (Å²) in [6.07, 6.45) is 36.2. The second kappa shape index (κ2) is 36.8. The van der Waals surface area contributed by atoms with Crippen LogP contribution in [0.4, 0.5) is 0 Å². The molecule has 0 N–H and O–H groups in total. The van der Waals surface area contributed by atoms with E-state index in [9.17, 15) is 0 Å². The molecule has 0 heterocycles. The van der Waals surface area contributed by atoms with Crippen molar-refractivity contribution >= 4 is 84.6 Å². The number of hydrogen-bond acceptors (Lipinski definition) is 0. The summed E-state index contributed by atoms with van der Waals surface area (Å²) in [5.74, 6) is 0. The summed E-state index contributed by atoms with van der Waals surface area (Å²) in [6.45, 7) is 9.49. The maximum Gasteiger partial charge on any atom is -0.107 e. The van der Waals surface area contributed by atoms with E-state index in [-0.39, 0.29) is 77.3 Å². The van der Waals surface area contributed by atoms with Crippen molar-refractivity contribution in [3.05, 3.63) is 0 Å². The minimum Gasteiger partial charge on any atom is -0.147 e. The van der Waals surface area contributed by atoms with Crippen LogP contribution in [0.15, 0.2) is 0 Å². The van der Waals surface area contributed by atoms with Gasteiger partial charge < -0.3 is 0 Å². The summed E-state index contributed by atoms with van der Waals surface area (Å²) in [7, 11) is -0.961. The van der Waals surface area contributed by atoms with E-state index in [1.807, 2.05) is 0 Å². The molecule has 33 heavy (non-hydrogen) atoms. The van der Waals surface area contributed by atoms with Gasteiger partial charge >= 0.3 is 162 Å². The molecule has 0 saturated carbocycles. The van der Waals surface area contributed by atoms with Gasteiger partial charge in [0.05, 0.1) is 0 Å². The summed E-state index contributed by atoms with van der Waals surface area (Å²) in [5.41, 5.74) is 0. The van der Waals surface area contributed by atoms with Crippen LogP contribution < -0.4 is 0 Å². The zero-order chi connectivity index (χ0) is 21.5. The molecular formula is C28H65BrClI2P. The first-order valence-electron chi connectivity index (χ1n) is 14.2. The van der Waals surface area contributed by atoms with Crippen molar-refractivity contribution < 1.29 is 0 Å². The van der Waals surface area contributed by atoms with Gasteiger partial charge in [0.2, 0.25) is 0 Å². The third kappa shape index (κ3) is 30.8. The van der Waals surface area contributed by atoms with E-state index in [2.05, 4.69) is 27.7 Å². The van der Waals surface area contributed by atoms with E-state index in [1.54, 1.807) is 31.1 Å². The maximum absolute atomic E-state index is 2.39. The SMILES string of the molecule is Br.CCCCCCCCCCCCCCCC[PH](CCCC)(CCCC)CCCC.Cl.I.I. The molecule has 0 aromatic carbocycles. The second-order valence-corrected chi connectivity index (χ2v) is 15.2. The molecule has 0 aliphatic rings. The fraction of sp³-hybridized carbons (Fsp3) is 1.00. The Hall–Kier alpha value is 2.66. The van der Waals surface area contributed by atoms with Crippen LogP contribution in [0, 0.1) is 0 Å². The Labute approximate surface area is 263 Å². The van der Waals surface area contributed by atoms with Gasteiger partial charge in [0.1, 0.15) is 0 Å². The molecule has 5 heteroatoms. The Kier molecular flexibility index (Phi) is 50.8. The number of halogens is 4. The average Bonchev–Trinajstić information content (AvgIpc) is 2.74. The standard InChI is InChI=1S/C28H61P.BrH.ClH.2HI/c1-5-9-13-14-15-16-17-18-19-20-21-22-23-24-28-29(25-10-6-2,26-11-7-3)27-12-8-4;;;;/h29H,5-28H2,1-4H3;4*1H. The molecule has 0 fully saturated rings. The smallest absolute Gasteiger partial charge is 0.107 e. The third-order valence-electron chi connectivity index (χ3n) is 7.24. The van der Waals surface area contributed by atoms with Gasteiger partial charge in [0.25, 0.3) is 0 Å². The second-order valence-electron chi connectivity index (χ2n) is 10.2. The van der Waals surface area contributed by atoms with E-state index in [4.69, 9.17) is 0 Å². The molecule has 0 aromatic heterocycles. The summed E-state index contributed by atoms with van der Waals surface area (Å²) < 4.78 is 0. The van der Waals surface area contributed by atoms with E-state index in [1.165, 1.54) is 122 Å². The molecule has 0 bridgehead atoms. The Bertz CT molecular complexity index is 300. The minimum atomic E-state index is -0.961. The van der Waals surface area contributed by atoms with Gasteiger partial charge in [-0.2, -0.15) is 0 Å². The summed E-state index contributed by atoms with van der Waals surface area (Å²) >= 11 is 0. The fourth-order valence-electron chi connectivity index (χ4n) is 5.10. The van der Waals surface area contributed by atoms with Crippen molar-refractivity contribution in [1.29, 1.82) is 0 Å². The van der Waals surface area contributed by atoms with Crippen LogP contribution in [-0.4, -0.2) is 24.6 Å². The van der Waals surface area contributed by atoms with Crippen molar-refractivity contribution in [2.45, 2.75) is 156 Å². The predicted octanol–water partition coefficient (Wildman–Crippen LogP) is 12.9. The Balaban J connectivity index is -0.000000653. The van der Waals surface area contributed by atoms with E-state index in [0.717, 1.165) is 0 Å². The number of rotatable bonds is 24. The summed E-state index contributed by atoms with van der Waals surface area (Å²) in [6, 6.07) is 0. The van der Waals surface area contributed by atoms with Gasteiger partial charge in [0.15, 0.2) is 0 Å². The molecular weight excluding hydrogens is 736 g/mol. The predicted molar refractivity (Wildman–Crippen MR) is 191 cm³/mol. The molecule has 210 valence electrons. The Morgan fingerprint density at radius 2 is 0.545 bits per heavy atom. The zero-order valence-corrected chi connectivity index (χ0v) is 31.3. The average molecular weight is 802 g/mol. The van der Waals surface area contributed by atoms with E-state index < -0.39 is 7.26 Å². The van der Waals surface area contributed by atoms with Crippen LogP contribution in [0.2, 0.25) is 0 Å². The van der Waals surface area contributed by atoms with Crippen LogP contribution in [0.1, 0.15) is 156 Å². The van der Waals surface area contributed by atoms with Gasteiger partial charge in [0, 0.05) is 0 Å². The van der Waals surface area contributed by atoms with E-state index >= 15 is 0 Å². The monoisotopic (exact) mass is 800 g/mol. The van der Waals surface area contributed by atoms with Gasteiger partial charge in [-0.3, -0.25) is 0 Å². The molecule has 0 radical (unpaired) electrons. The first-order chi connectivity index (χ1) is 14.2. The van der Waals surface area contributed by atoms with Crippen molar-refractivity contribution in [1.82, 2.24) is 0 Å². The minimum absolute atomic E-state index is 0. The molecule has 0 aromatic rings. The van der Waals surface area contributed by atoms with Crippen molar-refractivity contribution in [3.8, 4) is 0 Å². The normalized spacial score (nSPS) is 11.0. The molecule has 0 aliphatic heterocycles. The molecule has 0 atom stereocenters. The molecule has 0 amide bonds. The number of hydrogen-bond donors (Lipinski definition) is 0. The largest absolute Gasteiger partial charge is 0.147 e. The van der Waals surface area contributed by atoms with Crippen molar-refractivity contribution in [2.24, 2.45) is 0 Å². The Morgan fingerprint density at radius 1 is 0.333 bits per heavy atom. The molecule has 0 unspecified atom stereocenters. The summed E-state index contributed by atoms with van der Waals surface area (Å²) in [5, 5.41) is 0. The molecule has 0 saturated heterocycles. The first kappa shape index (κ1) is 45.6. The van der Waals surface area contributed by atoms with Crippen LogP contribution >= 0.6 is 84.6 Å². The fourth-order valence-corrected chi connectivity index (χ4v) is 10.9. The van der Waals surface area contributed by atoms with Crippen molar-refractivity contribution in [3.63, 3.8) is 0 Å². The number of unbranched alkanes of at least 4 members (excludes halogenated alkanes) is 16. The van der Waals surface area contributed by atoms with Crippen LogP contribution in [0.25, 0.3) is 0 Å². The quantitative estimate of drug-likeness (QED) is 0.0518. The van der Waals surface area contributed by atoms with Gasteiger partial charge in [-0.1, -0.05) is 26.2 Å². The van der Waals surface area contributed by atoms with Crippen molar-refractivity contribution in [2.75, 3.05) is 24.6 Å². The van der Waals surface area contributed by atoms with Gasteiger partial charge in [-0.25, -0.2) is 0 Å². The topological polar surface area (TPSA) is 0 Å². The van der Waals surface area contributed by atoms with Crippen LogP contribution in [-0.2, 0) is 0 Å². The summed E-state index contributed by atoms with van der Waals surface area (Å²) in [4.78, 5) is 0. The van der Waals surface area contributed by atoms with Crippen LogP contribution in [0.3, 0.4) is 0 Å². The maximum atomic E-state index is 2.39. The Morgan fingerprint density at radius 3 is 0.818 bits per heavy atom. The van der Waals surface area contributed by atoms with E-state index in [0.29, 0.717) is 0 Å².